The van der Waals surface area contributed by atoms with Crippen molar-refractivity contribution in [2.45, 2.75) is 32.3 Å². The highest BCUT2D eigenvalue weighted by Crippen LogP contribution is 2.25. The molecule has 1 atom stereocenters. The minimum absolute atomic E-state index is 0.248. The average molecular weight is 309 g/mol. The van der Waals surface area contributed by atoms with Crippen LogP contribution < -0.4 is 10.1 Å². The maximum atomic E-state index is 12.4. The number of hydrogen-bond donors (Lipinski definition) is 1. The summed E-state index contributed by atoms with van der Waals surface area (Å²) in [6, 6.07) is 4.78. The number of carbonyl (C=O) groups is 2. The number of anilines is 1. The van der Waals surface area contributed by atoms with Crippen molar-refractivity contribution in [3.63, 3.8) is 0 Å². The first-order valence-corrected chi connectivity index (χ1v) is 7.04. The van der Waals surface area contributed by atoms with Crippen molar-refractivity contribution < 1.29 is 23.8 Å². The second-order valence-electron chi connectivity index (χ2n) is 5.05. The summed E-state index contributed by atoms with van der Waals surface area (Å²) < 4.78 is 15.2. The molecule has 1 rings (SSSR count). The van der Waals surface area contributed by atoms with Crippen molar-refractivity contribution >= 4 is 17.6 Å². The van der Waals surface area contributed by atoms with E-state index in [9.17, 15) is 9.59 Å². The minimum atomic E-state index is -0.917. The van der Waals surface area contributed by atoms with Crippen LogP contribution in [0.25, 0.3) is 0 Å². The molecule has 0 aliphatic rings. The van der Waals surface area contributed by atoms with Gasteiger partial charge in [0.25, 0.3) is 5.91 Å². The molecule has 1 aromatic rings. The number of nitrogens with one attached hydrogen (secondary N) is 1. The number of rotatable bonds is 7. The number of amides is 1. The molecule has 1 unspecified atom stereocenters. The summed E-state index contributed by atoms with van der Waals surface area (Å²) in [6.07, 6.45) is 1.41. The first-order valence-electron chi connectivity index (χ1n) is 7.04. The molecule has 0 spiro atoms. The van der Waals surface area contributed by atoms with Gasteiger partial charge in [-0.15, -0.1) is 0 Å². The second-order valence-corrected chi connectivity index (χ2v) is 5.05. The van der Waals surface area contributed by atoms with Crippen molar-refractivity contribution in [1.82, 2.24) is 0 Å². The van der Waals surface area contributed by atoms with Crippen LogP contribution in [0.15, 0.2) is 18.2 Å². The fraction of sp³-hybridized carbons (Fsp3) is 0.500. The van der Waals surface area contributed by atoms with Gasteiger partial charge in [-0.3, -0.25) is 4.79 Å². The smallest absolute Gasteiger partial charge is 0.341 e. The summed E-state index contributed by atoms with van der Waals surface area (Å²) in [4.78, 5) is 24.1. The van der Waals surface area contributed by atoms with E-state index in [0.29, 0.717) is 17.9 Å². The highest BCUT2D eigenvalue weighted by atomic mass is 16.5. The van der Waals surface area contributed by atoms with Crippen LogP contribution in [-0.4, -0.2) is 38.8 Å². The maximum Gasteiger partial charge on any atom is 0.341 e. The number of carbonyl (C=O) groups excluding carboxylic acids is 2. The predicted molar refractivity (Wildman–Crippen MR) is 83.3 cm³/mol. The van der Waals surface area contributed by atoms with E-state index in [1.165, 1.54) is 27.4 Å². The van der Waals surface area contributed by atoms with Gasteiger partial charge in [0.05, 0.1) is 14.2 Å². The Balaban J connectivity index is 3.03. The molecule has 0 saturated carbocycles. The number of hydrogen-bond acceptors (Lipinski definition) is 5. The zero-order valence-corrected chi connectivity index (χ0v) is 13.7. The number of benzene rings is 1. The van der Waals surface area contributed by atoms with Gasteiger partial charge in [-0.25, -0.2) is 4.79 Å². The van der Waals surface area contributed by atoms with E-state index in [2.05, 4.69) is 5.32 Å². The van der Waals surface area contributed by atoms with Crippen LogP contribution in [-0.2, 0) is 14.3 Å². The molecule has 0 radical (unpaired) electrons. The van der Waals surface area contributed by atoms with Gasteiger partial charge in [-0.2, -0.15) is 0 Å². The third kappa shape index (κ3) is 3.98. The molecule has 122 valence electrons. The van der Waals surface area contributed by atoms with E-state index in [1.54, 1.807) is 19.1 Å². The molecule has 0 aliphatic carbocycles. The number of esters is 1. The van der Waals surface area contributed by atoms with Crippen molar-refractivity contribution in [1.29, 1.82) is 0 Å². The molecule has 22 heavy (non-hydrogen) atoms. The van der Waals surface area contributed by atoms with E-state index in [-0.39, 0.29) is 11.5 Å². The topological polar surface area (TPSA) is 73.9 Å². The molecular weight excluding hydrogens is 286 g/mol. The van der Waals surface area contributed by atoms with E-state index >= 15 is 0 Å². The van der Waals surface area contributed by atoms with Crippen LogP contribution in [0, 0.1) is 0 Å². The Bertz CT molecular complexity index is 543. The van der Waals surface area contributed by atoms with E-state index in [0.717, 1.165) is 6.42 Å². The van der Waals surface area contributed by atoms with E-state index < -0.39 is 11.6 Å². The largest absolute Gasteiger partial charge is 0.496 e. The van der Waals surface area contributed by atoms with E-state index in [1.807, 2.05) is 6.92 Å². The molecule has 0 aromatic heterocycles. The summed E-state index contributed by atoms with van der Waals surface area (Å²) in [5, 5.41) is 2.76. The lowest BCUT2D eigenvalue weighted by Crippen LogP contribution is -2.41. The van der Waals surface area contributed by atoms with Crippen molar-refractivity contribution in [3.05, 3.63) is 23.8 Å². The van der Waals surface area contributed by atoms with Gasteiger partial charge in [0.15, 0.2) is 0 Å². The van der Waals surface area contributed by atoms with Crippen LogP contribution in [0.5, 0.6) is 5.75 Å². The fourth-order valence-corrected chi connectivity index (χ4v) is 2.10. The van der Waals surface area contributed by atoms with Gasteiger partial charge in [0, 0.05) is 12.8 Å². The predicted octanol–water partition coefficient (Wildman–Crippen LogP) is 2.63. The Morgan fingerprint density at radius 2 is 1.91 bits per heavy atom. The zero-order valence-electron chi connectivity index (χ0n) is 13.7. The van der Waals surface area contributed by atoms with Crippen LogP contribution in [0.3, 0.4) is 0 Å². The lowest BCUT2D eigenvalue weighted by Gasteiger charge is -2.26. The Hall–Kier alpha value is -2.08. The Morgan fingerprint density at radius 1 is 1.23 bits per heavy atom. The van der Waals surface area contributed by atoms with Gasteiger partial charge in [-0.05, 0) is 31.5 Å². The molecule has 0 saturated heterocycles. The molecule has 0 heterocycles. The summed E-state index contributed by atoms with van der Waals surface area (Å²) in [7, 11) is 4.25. The molecule has 6 heteroatoms. The van der Waals surface area contributed by atoms with Crippen LogP contribution >= 0.6 is 0 Å². The fourth-order valence-electron chi connectivity index (χ4n) is 2.10. The number of methoxy groups -OCH3 is 3. The summed E-state index contributed by atoms with van der Waals surface area (Å²) in [6.45, 7) is 3.71. The number of ether oxygens (including phenoxy) is 3. The molecular formula is C16H23NO5. The van der Waals surface area contributed by atoms with Crippen LogP contribution in [0.1, 0.15) is 37.0 Å². The Kier molecular flexibility index (Phi) is 6.37. The maximum absolute atomic E-state index is 12.4. The zero-order chi connectivity index (χ0) is 16.8. The molecule has 1 N–H and O–H groups in total. The standard InChI is InChI=1S/C16H23NO5/c1-6-9-16(2,22-5)15(19)17-11-7-8-13(20-3)12(10-11)14(18)21-4/h7-8,10H,6,9H2,1-5H3,(H,17,19). The van der Waals surface area contributed by atoms with E-state index in [4.69, 9.17) is 14.2 Å². The molecule has 1 aromatic carbocycles. The summed E-state index contributed by atoms with van der Waals surface area (Å²) in [5.74, 6) is -0.415. The van der Waals surface area contributed by atoms with Gasteiger partial charge >= 0.3 is 5.97 Å². The van der Waals surface area contributed by atoms with Crippen molar-refractivity contribution in [3.8, 4) is 5.75 Å². The molecule has 0 aliphatic heterocycles. The van der Waals surface area contributed by atoms with Crippen molar-refractivity contribution in [2.24, 2.45) is 0 Å². The average Bonchev–Trinajstić information content (AvgIpc) is 2.53. The lowest BCUT2D eigenvalue weighted by atomic mass is 9.99. The molecule has 1 amide bonds. The molecule has 0 fully saturated rings. The van der Waals surface area contributed by atoms with Gasteiger partial charge in [0.1, 0.15) is 16.9 Å². The van der Waals surface area contributed by atoms with Crippen molar-refractivity contribution in [2.75, 3.05) is 26.6 Å². The Morgan fingerprint density at radius 3 is 2.41 bits per heavy atom. The summed E-state index contributed by atoms with van der Waals surface area (Å²) >= 11 is 0. The van der Waals surface area contributed by atoms with Crippen LogP contribution in [0.2, 0.25) is 0 Å². The van der Waals surface area contributed by atoms with Gasteiger partial charge in [-0.1, -0.05) is 13.3 Å². The minimum Gasteiger partial charge on any atom is -0.496 e. The lowest BCUT2D eigenvalue weighted by molar-refractivity contribution is -0.136. The second kappa shape index (κ2) is 7.79. The highest BCUT2D eigenvalue weighted by molar-refractivity contribution is 5.99. The normalized spacial score (nSPS) is 13.1. The monoisotopic (exact) mass is 309 g/mol. The first kappa shape index (κ1) is 18.0. The van der Waals surface area contributed by atoms with Crippen LogP contribution in [0.4, 0.5) is 5.69 Å². The first-order chi connectivity index (χ1) is 10.4. The van der Waals surface area contributed by atoms with Gasteiger partial charge < -0.3 is 19.5 Å². The third-order valence-electron chi connectivity index (χ3n) is 3.52. The third-order valence-corrected chi connectivity index (χ3v) is 3.52. The molecule has 0 bridgehead atoms. The molecule has 6 nitrogen and oxygen atoms in total. The quantitative estimate of drug-likeness (QED) is 0.784. The summed E-state index contributed by atoms with van der Waals surface area (Å²) in [5.41, 5.74) is -0.192. The Labute approximate surface area is 130 Å². The van der Waals surface area contributed by atoms with Gasteiger partial charge in [0.2, 0.25) is 0 Å². The SMILES string of the molecule is CCCC(C)(OC)C(=O)Nc1ccc(OC)c(C(=O)OC)c1. The highest BCUT2D eigenvalue weighted by Gasteiger charge is 2.32.